The molecule has 1 rings (SSSR count). The highest BCUT2D eigenvalue weighted by atomic mass is 35.5. The summed E-state index contributed by atoms with van der Waals surface area (Å²) < 4.78 is 0. The number of benzene rings is 1. The van der Waals surface area contributed by atoms with Gasteiger partial charge in [-0.3, -0.25) is 4.79 Å². The van der Waals surface area contributed by atoms with Gasteiger partial charge in [-0.2, -0.15) is 0 Å². The summed E-state index contributed by atoms with van der Waals surface area (Å²) in [5.74, 6) is 0.947. The lowest BCUT2D eigenvalue weighted by molar-refractivity contribution is -0.111. The Hall–Kier alpha value is -0.470. The van der Waals surface area contributed by atoms with E-state index in [1.165, 1.54) is 4.90 Å². The largest absolute Gasteiger partial charge is 0.281 e. The Kier molecular flexibility index (Phi) is 4.94. The zero-order valence-corrected chi connectivity index (χ0v) is 8.77. The molecule has 0 fully saturated rings. The number of rotatable bonds is 5. The van der Waals surface area contributed by atoms with E-state index in [1.54, 1.807) is 11.8 Å². The summed E-state index contributed by atoms with van der Waals surface area (Å²) in [6, 6.07) is 10.1. The minimum absolute atomic E-state index is 0.242. The van der Waals surface area contributed by atoms with E-state index in [2.05, 4.69) is 12.1 Å². The highest BCUT2D eigenvalue weighted by molar-refractivity contribution is 7.99. The second kappa shape index (κ2) is 6.06. The molecule has 1 aromatic carbocycles. The number of carbonyl (C=O) groups is 1. The molecule has 1 aromatic rings. The Labute approximate surface area is 87.5 Å². The predicted molar refractivity (Wildman–Crippen MR) is 57.3 cm³/mol. The smallest absolute Gasteiger partial charge is 0.221 e. The predicted octanol–water partition coefficient (Wildman–Crippen LogP) is 3.32. The first-order chi connectivity index (χ1) is 6.29. The third-order valence-electron chi connectivity index (χ3n) is 1.53. The highest BCUT2D eigenvalue weighted by Crippen LogP contribution is 2.18. The molecule has 0 N–H and O–H groups in total. The van der Waals surface area contributed by atoms with Crippen molar-refractivity contribution in [1.29, 1.82) is 0 Å². The van der Waals surface area contributed by atoms with Crippen molar-refractivity contribution in [3.05, 3.63) is 30.3 Å². The zero-order chi connectivity index (χ0) is 9.52. The van der Waals surface area contributed by atoms with Crippen LogP contribution in [0.2, 0.25) is 0 Å². The second-order valence-electron chi connectivity index (χ2n) is 2.62. The summed E-state index contributed by atoms with van der Waals surface area (Å²) in [6.45, 7) is 0. The van der Waals surface area contributed by atoms with Gasteiger partial charge in [0.05, 0.1) is 0 Å². The summed E-state index contributed by atoms with van der Waals surface area (Å²) >= 11 is 6.96. The maximum absolute atomic E-state index is 10.4. The topological polar surface area (TPSA) is 17.1 Å². The van der Waals surface area contributed by atoms with Crippen molar-refractivity contribution < 1.29 is 4.79 Å². The van der Waals surface area contributed by atoms with Gasteiger partial charge < -0.3 is 0 Å². The van der Waals surface area contributed by atoms with Crippen LogP contribution in [0.15, 0.2) is 35.2 Å². The average Bonchev–Trinajstić information content (AvgIpc) is 2.14. The lowest BCUT2D eigenvalue weighted by atomic mass is 10.4. The van der Waals surface area contributed by atoms with E-state index >= 15 is 0 Å². The van der Waals surface area contributed by atoms with Crippen LogP contribution < -0.4 is 0 Å². The molecular weight excluding hydrogens is 204 g/mol. The van der Waals surface area contributed by atoms with E-state index < -0.39 is 0 Å². The van der Waals surface area contributed by atoms with Crippen LogP contribution in [0.4, 0.5) is 0 Å². The molecule has 0 saturated heterocycles. The molecule has 0 saturated carbocycles. The summed E-state index contributed by atoms with van der Waals surface area (Å²) in [7, 11) is 0. The van der Waals surface area contributed by atoms with Crippen LogP contribution in [-0.2, 0) is 4.79 Å². The van der Waals surface area contributed by atoms with Gasteiger partial charge in [-0.25, -0.2) is 0 Å². The number of hydrogen-bond acceptors (Lipinski definition) is 2. The van der Waals surface area contributed by atoms with Crippen molar-refractivity contribution in [1.82, 2.24) is 0 Å². The van der Waals surface area contributed by atoms with Crippen molar-refractivity contribution in [2.24, 2.45) is 0 Å². The van der Waals surface area contributed by atoms with Crippen LogP contribution in [-0.4, -0.2) is 11.0 Å². The fourth-order valence-electron chi connectivity index (χ4n) is 0.918. The van der Waals surface area contributed by atoms with Gasteiger partial charge in [0, 0.05) is 11.3 Å². The maximum atomic E-state index is 10.4. The van der Waals surface area contributed by atoms with Crippen molar-refractivity contribution in [3.8, 4) is 0 Å². The fourth-order valence-corrected chi connectivity index (χ4v) is 1.93. The summed E-state index contributed by atoms with van der Waals surface area (Å²) in [5, 5.41) is -0.242. The molecule has 0 amide bonds. The molecule has 0 radical (unpaired) electrons. The van der Waals surface area contributed by atoms with Crippen molar-refractivity contribution in [2.45, 2.75) is 17.7 Å². The Bertz CT molecular complexity index is 261. The van der Waals surface area contributed by atoms with Crippen molar-refractivity contribution in [3.63, 3.8) is 0 Å². The van der Waals surface area contributed by atoms with E-state index in [0.717, 1.165) is 12.2 Å². The highest BCUT2D eigenvalue weighted by Gasteiger charge is 1.96. The molecule has 0 aliphatic heterocycles. The van der Waals surface area contributed by atoms with Gasteiger partial charge in [0.15, 0.2) is 0 Å². The molecule has 70 valence electrons. The van der Waals surface area contributed by atoms with Gasteiger partial charge in [0.1, 0.15) is 0 Å². The maximum Gasteiger partial charge on any atom is 0.221 e. The minimum Gasteiger partial charge on any atom is -0.281 e. The average molecular weight is 215 g/mol. The van der Waals surface area contributed by atoms with E-state index in [1.807, 2.05) is 18.2 Å². The zero-order valence-electron chi connectivity index (χ0n) is 7.20. The Morgan fingerprint density at radius 2 is 2.00 bits per heavy atom. The van der Waals surface area contributed by atoms with Crippen LogP contribution in [0.25, 0.3) is 0 Å². The third-order valence-corrected chi connectivity index (χ3v) is 2.82. The normalized spacial score (nSPS) is 9.92. The lowest BCUT2D eigenvalue weighted by Gasteiger charge is -1.98. The summed E-state index contributed by atoms with van der Waals surface area (Å²) in [4.78, 5) is 11.7. The fraction of sp³-hybridized carbons (Fsp3) is 0.300. The number of hydrogen-bond donors (Lipinski definition) is 0. The molecule has 0 aliphatic carbocycles. The van der Waals surface area contributed by atoms with Gasteiger partial charge in [0.2, 0.25) is 5.24 Å². The van der Waals surface area contributed by atoms with Crippen LogP contribution in [0.1, 0.15) is 12.8 Å². The number of carbonyl (C=O) groups excluding carboxylic acids is 1. The SMILES string of the molecule is O=C(Cl)CCCSc1ccccc1. The van der Waals surface area contributed by atoms with E-state index in [4.69, 9.17) is 11.6 Å². The molecule has 1 nitrogen and oxygen atoms in total. The first-order valence-corrected chi connectivity index (χ1v) is 5.51. The van der Waals surface area contributed by atoms with Crippen LogP contribution in [0.3, 0.4) is 0 Å². The molecule has 0 bridgehead atoms. The van der Waals surface area contributed by atoms with Crippen molar-refractivity contribution in [2.75, 3.05) is 5.75 Å². The quantitative estimate of drug-likeness (QED) is 0.425. The molecule has 0 unspecified atom stereocenters. The summed E-state index contributed by atoms with van der Waals surface area (Å²) in [6.07, 6.45) is 1.32. The van der Waals surface area contributed by atoms with Gasteiger partial charge >= 0.3 is 0 Å². The van der Waals surface area contributed by atoms with Crippen LogP contribution in [0.5, 0.6) is 0 Å². The molecule has 0 atom stereocenters. The second-order valence-corrected chi connectivity index (χ2v) is 4.21. The van der Waals surface area contributed by atoms with Gasteiger partial charge in [-0.15, -0.1) is 11.8 Å². The molecule has 0 aromatic heterocycles. The van der Waals surface area contributed by atoms with Gasteiger partial charge in [-0.1, -0.05) is 18.2 Å². The number of halogens is 1. The number of thioether (sulfide) groups is 1. The Balaban J connectivity index is 2.17. The minimum atomic E-state index is -0.242. The molecule has 3 heteroatoms. The van der Waals surface area contributed by atoms with E-state index in [9.17, 15) is 4.79 Å². The van der Waals surface area contributed by atoms with E-state index in [-0.39, 0.29) is 5.24 Å². The van der Waals surface area contributed by atoms with Crippen LogP contribution >= 0.6 is 23.4 Å². The standard InChI is InChI=1S/C10H11ClOS/c11-10(12)7-4-8-13-9-5-2-1-3-6-9/h1-3,5-6H,4,7-8H2. The van der Waals surface area contributed by atoms with Gasteiger partial charge in [0.25, 0.3) is 0 Å². The first-order valence-electron chi connectivity index (χ1n) is 4.15. The van der Waals surface area contributed by atoms with Crippen molar-refractivity contribution >= 4 is 28.6 Å². The first kappa shape index (κ1) is 10.6. The molecular formula is C10H11ClOS. The monoisotopic (exact) mass is 214 g/mol. The molecule has 13 heavy (non-hydrogen) atoms. The third kappa shape index (κ3) is 4.96. The molecule has 0 aliphatic rings. The Morgan fingerprint density at radius 1 is 1.31 bits per heavy atom. The Morgan fingerprint density at radius 3 is 2.62 bits per heavy atom. The van der Waals surface area contributed by atoms with Gasteiger partial charge in [-0.05, 0) is 35.9 Å². The molecule has 0 spiro atoms. The molecule has 0 heterocycles. The van der Waals surface area contributed by atoms with Crippen LogP contribution in [0, 0.1) is 0 Å². The summed E-state index contributed by atoms with van der Waals surface area (Å²) in [5.41, 5.74) is 0. The lowest BCUT2D eigenvalue weighted by Crippen LogP contribution is -1.87. The van der Waals surface area contributed by atoms with E-state index in [0.29, 0.717) is 6.42 Å².